The molecule has 0 saturated carbocycles. The smallest absolute Gasteiger partial charge is 0.328 e. The highest BCUT2D eigenvalue weighted by atomic mass is 19.4. The molecule has 0 aromatic carbocycles. The third-order valence-corrected chi connectivity index (χ3v) is 2.73. The van der Waals surface area contributed by atoms with Crippen molar-refractivity contribution in [3.8, 4) is 0 Å². The van der Waals surface area contributed by atoms with Crippen LogP contribution in [-0.2, 0) is 4.79 Å². The summed E-state index contributed by atoms with van der Waals surface area (Å²) in [4.78, 5) is 11.5. The van der Waals surface area contributed by atoms with Crippen LogP contribution < -0.4 is 5.73 Å². The third-order valence-electron chi connectivity index (χ3n) is 2.73. The molecule has 0 aliphatic carbocycles. The van der Waals surface area contributed by atoms with E-state index in [4.69, 9.17) is 5.73 Å². The van der Waals surface area contributed by atoms with Crippen LogP contribution in [-0.4, -0.2) is 18.0 Å². The van der Waals surface area contributed by atoms with Crippen molar-refractivity contribution >= 4 is 5.78 Å². The van der Waals surface area contributed by atoms with Crippen LogP contribution in [0.3, 0.4) is 0 Å². The molecule has 102 valence electrons. The van der Waals surface area contributed by atoms with E-state index in [2.05, 4.69) is 0 Å². The van der Waals surface area contributed by atoms with Crippen molar-refractivity contribution in [3.63, 3.8) is 0 Å². The molecule has 0 heterocycles. The topological polar surface area (TPSA) is 43.1 Å². The van der Waals surface area contributed by atoms with Gasteiger partial charge in [0.05, 0.1) is 0 Å². The molecule has 0 rings (SSSR count). The SMILES string of the molecule is CC(N)CCCC(C)C(=O)CCCC(F)(F)F. The zero-order valence-electron chi connectivity index (χ0n) is 10.5. The van der Waals surface area contributed by atoms with E-state index < -0.39 is 12.6 Å². The van der Waals surface area contributed by atoms with E-state index in [1.54, 1.807) is 6.92 Å². The van der Waals surface area contributed by atoms with E-state index in [1.165, 1.54) is 0 Å². The van der Waals surface area contributed by atoms with Gasteiger partial charge in [-0.05, 0) is 26.2 Å². The largest absolute Gasteiger partial charge is 0.389 e. The fraction of sp³-hybridized carbons (Fsp3) is 0.917. The molecular weight excluding hydrogens is 231 g/mol. The zero-order chi connectivity index (χ0) is 13.5. The van der Waals surface area contributed by atoms with Gasteiger partial charge in [-0.2, -0.15) is 13.2 Å². The Bertz CT molecular complexity index is 226. The minimum absolute atomic E-state index is 0.0266. The van der Waals surface area contributed by atoms with Gasteiger partial charge in [0.1, 0.15) is 5.78 Å². The van der Waals surface area contributed by atoms with Gasteiger partial charge in [0, 0.05) is 24.8 Å². The molecular formula is C12H22F3NO. The normalized spacial score (nSPS) is 15.6. The van der Waals surface area contributed by atoms with Crippen molar-refractivity contribution in [2.45, 2.75) is 64.6 Å². The summed E-state index contributed by atoms with van der Waals surface area (Å²) in [5, 5.41) is 0. The van der Waals surface area contributed by atoms with Crippen molar-refractivity contribution in [1.29, 1.82) is 0 Å². The average molecular weight is 253 g/mol. The quantitative estimate of drug-likeness (QED) is 0.720. The van der Waals surface area contributed by atoms with Gasteiger partial charge in [0.2, 0.25) is 0 Å². The fourth-order valence-corrected chi connectivity index (χ4v) is 1.62. The van der Waals surface area contributed by atoms with Crippen LogP contribution in [0.15, 0.2) is 0 Å². The van der Waals surface area contributed by atoms with Gasteiger partial charge in [-0.25, -0.2) is 0 Å². The maximum absolute atomic E-state index is 11.9. The van der Waals surface area contributed by atoms with Gasteiger partial charge >= 0.3 is 6.18 Å². The molecule has 0 spiro atoms. The number of halogens is 3. The lowest BCUT2D eigenvalue weighted by atomic mass is 9.95. The fourth-order valence-electron chi connectivity index (χ4n) is 1.62. The standard InChI is InChI=1S/C12H22F3NO/c1-9(5-3-6-10(2)16)11(17)7-4-8-12(13,14)15/h9-10H,3-8,16H2,1-2H3. The second-order valence-corrected chi connectivity index (χ2v) is 4.74. The van der Waals surface area contributed by atoms with E-state index in [-0.39, 0.29) is 30.6 Å². The molecule has 0 aromatic heterocycles. The second kappa shape index (κ2) is 7.69. The van der Waals surface area contributed by atoms with Gasteiger partial charge < -0.3 is 5.73 Å². The Morgan fingerprint density at radius 3 is 2.24 bits per heavy atom. The molecule has 0 bridgehead atoms. The molecule has 2 N–H and O–H groups in total. The van der Waals surface area contributed by atoms with Gasteiger partial charge in [-0.1, -0.05) is 13.3 Å². The predicted octanol–water partition coefficient (Wildman–Crippen LogP) is 3.44. The van der Waals surface area contributed by atoms with E-state index in [1.807, 2.05) is 6.92 Å². The molecule has 0 saturated heterocycles. The number of ketones is 1. The number of alkyl halides is 3. The Kier molecular flexibility index (Phi) is 7.43. The van der Waals surface area contributed by atoms with E-state index in [9.17, 15) is 18.0 Å². The van der Waals surface area contributed by atoms with E-state index >= 15 is 0 Å². The van der Waals surface area contributed by atoms with E-state index in [0.717, 1.165) is 12.8 Å². The monoisotopic (exact) mass is 253 g/mol. The maximum Gasteiger partial charge on any atom is 0.389 e. The van der Waals surface area contributed by atoms with Crippen molar-refractivity contribution < 1.29 is 18.0 Å². The van der Waals surface area contributed by atoms with Crippen molar-refractivity contribution in [2.24, 2.45) is 11.7 Å². The minimum Gasteiger partial charge on any atom is -0.328 e. The number of Topliss-reactive ketones (excluding diaryl/α,β-unsaturated/α-hetero) is 1. The first-order valence-corrected chi connectivity index (χ1v) is 6.07. The van der Waals surface area contributed by atoms with E-state index in [0.29, 0.717) is 6.42 Å². The lowest BCUT2D eigenvalue weighted by molar-refractivity contribution is -0.137. The van der Waals surface area contributed by atoms with Crippen molar-refractivity contribution in [2.75, 3.05) is 0 Å². The molecule has 0 aromatic rings. The van der Waals surface area contributed by atoms with Crippen LogP contribution in [0.25, 0.3) is 0 Å². The Balaban J connectivity index is 3.68. The highest BCUT2D eigenvalue weighted by Crippen LogP contribution is 2.23. The van der Waals surface area contributed by atoms with Crippen LogP contribution >= 0.6 is 0 Å². The molecule has 0 aliphatic heterocycles. The third kappa shape index (κ3) is 10.3. The molecule has 17 heavy (non-hydrogen) atoms. The summed E-state index contributed by atoms with van der Waals surface area (Å²) in [5.41, 5.74) is 5.57. The summed E-state index contributed by atoms with van der Waals surface area (Å²) >= 11 is 0. The Labute approximate surface area is 101 Å². The Morgan fingerprint density at radius 2 is 1.76 bits per heavy atom. The summed E-state index contributed by atoms with van der Waals surface area (Å²) in [6, 6.07) is 0.113. The minimum atomic E-state index is -4.15. The van der Waals surface area contributed by atoms with Crippen LogP contribution in [0, 0.1) is 5.92 Å². The lowest BCUT2D eigenvalue weighted by Crippen LogP contribution is -2.17. The summed E-state index contributed by atoms with van der Waals surface area (Å²) in [7, 11) is 0. The predicted molar refractivity (Wildman–Crippen MR) is 61.6 cm³/mol. The molecule has 0 radical (unpaired) electrons. The number of rotatable bonds is 8. The average Bonchev–Trinajstić information content (AvgIpc) is 2.14. The number of hydrogen-bond donors (Lipinski definition) is 1. The van der Waals surface area contributed by atoms with Crippen molar-refractivity contribution in [1.82, 2.24) is 0 Å². The number of nitrogens with two attached hydrogens (primary N) is 1. The van der Waals surface area contributed by atoms with Gasteiger partial charge in [0.15, 0.2) is 0 Å². The molecule has 2 nitrogen and oxygen atoms in total. The molecule has 5 heteroatoms. The second-order valence-electron chi connectivity index (χ2n) is 4.74. The summed E-state index contributed by atoms with van der Waals surface area (Å²) in [5.74, 6) is -0.221. The van der Waals surface area contributed by atoms with Gasteiger partial charge in [0.25, 0.3) is 0 Å². The Morgan fingerprint density at radius 1 is 1.18 bits per heavy atom. The zero-order valence-corrected chi connectivity index (χ0v) is 10.5. The van der Waals surface area contributed by atoms with Gasteiger partial charge in [-0.3, -0.25) is 4.79 Å². The molecule has 2 unspecified atom stereocenters. The highest BCUT2D eigenvalue weighted by molar-refractivity contribution is 5.80. The van der Waals surface area contributed by atoms with Crippen LogP contribution in [0.2, 0.25) is 0 Å². The molecule has 0 aliphatic rings. The summed E-state index contributed by atoms with van der Waals surface area (Å²) in [6.45, 7) is 3.67. The molecule has 2 atom stereocenters. The highest BCUT2D eigenvalue weighted by Gasteiger charge is 2.26. The first-order chi connectivity index (χ1) is 7.72. The maximum atomic E-state index is 11.9. The lowest BCUT2D eigenvalue weighted by Gasteiger charge is -2.12. The number of carbonyl (C=O) groups excluding carboxylic acids is 1. The van der Waals surface area contributed by atoms with Crippen LogP contribution in [0.1, 0.15) is 52.4 Å². The van der Waals surface area contributed by atoms with Crippen LogP contribution in [0.5, 0.6) is 0 Å². The summed E-state index contributed by atoms with van der Waals surface area (Å²) in [6.07, 6.45) is -2.68. The summed E-state index contributed by atoms with van der Waals surface area (Å²) < 4.78 is 35.6. The first kappa shape index (κ1) is 16.4. The molecule has 0 fully saturated rings. The van der Waals surface area contributed by atoms with Crippen molar-refractivity contribution in [3.05, 3.63) is 0 Å². The number of carbonyl (C=O) groups is 1. The number of hydrogen-bond acceptors (Lipinski definition) is 2. The van der Waals surface area contributed by atoms with Gasteiger partial charge in [-0.15, -0.1) is 0 Å². The first-order valence-electron chi connectivity index (χ1n) is 6.07. The molecule has 0 amide bonds. The Hall–Kier alpha value is -0.580. The van der Waals surface area contributed by atoms with Crippen LogP contribution in [0.4, 0.5) is 13.2 Å².